The summed E-state index contributed by atoms with van der Waals surface area (Å²) in [6.45, 7) is 2.09. The molecule has 0 radical (unpaired) electrons. The number of amides is 1. The summed E-state index contributed by atoms with van der Waals surface area (Å²) in [4.78, 5) is 14.2. The Kier molecular flexibility index (Phi) is 2.73. The number of rotatable bonds is 1. The second-order valence-electron chi connectivity index (χ2n) is 6.17. The molecule has 1 saturated heterocycles. The van der Waals surface area contributed by atoms with Crippen LogP contribution in [0.4, 0.5) is 10.1 Å². The first-order valence-electron chi connectivity index (χ1n) is 7.50. The molecule has 1 amide bonds. The van der Waals surface area contributed by atoms with E-state index in [1.807, 2.05) is 29.2 Å². The largest absolute Gasteiger partial charge is 0.302 e. The van der Waals surface area contributed by atoms with Crippen molar-refractivity contribution in [1.29, 1.82) is 0 Å². The average Bonchev–Trinajstić information content (AvgIpc) is 2.83. The molecule has 2 aromatic carbocycles. The summed E-state index contributed by atoms with van der Waals surface area (Å²) < 4.78 is 13.2. The summed E-state index contributed by atoms with van der Waals surface area (Å²) in [5, 5.41) is 0. The molecule has 3 heteroatoms. The van der Waals surface area contributed by atoms with Gasteiger partial charge in [-0.3, -0.25) is 4.79 Å². The average molecular weight is 293 g/mol. The Morgan fingerprint density at radius 3 is 2.59 bits per heavy atom. The van der Waals surface area contributed by atoms with Crippen molar-refractivity contribution in [2.75, 3.05) is 4.90 Å². The van der Waals surface area contributed by atoms with Crippen molar-refractivity contribution in [3.63, 3.8) is 0 Å². The van der Waals surface area contributed by atoms with Crippen LogP contribution in [0.25, 0.3) is 5.57 Å². The smallest absolute Gasteiger partial charge is 0.227 e. The maximum absolute atomic E-state index is 13.2. The zero-order valence-electron chi connectivity index (χ0n) is 12.3. The van der Waals surface area contributed by atoms with Gasteiger partial charge in [0.15, 0.2) is 0 Å². The van der Waals surface area contributed by atoms with E-state index in [4.69, 9.17) is 0 Å². The monoisotopic (exact) mass is 293 g/mol. The molecule has 1 unspecified atom stereocenters. The highest BCUT2D eigenvalue weighted by Crippen LogP contribution is 2.46. The predicted octanol–water partition coefficient (Wildman–Crippen LogP) is 4.16. The highest BCUT2D eigenvalue weighted by atomic mass is 19.1. The number of hydrogen-bond acceptors (Lipinski definition) is 1. The van der Waals surface area contributed by atoms with Gasteiger partial charge in [0.05, 0.1) is 11.2 Å². The molecule has 2 aliphatic heterocycles. The minimum atomic E-state index is -0.296. The third-order valence-electron chi connectivity index (χ3n) is 4.65. The molecule has 2 aromatic rings. The molecule has 2 aliphatic rings. The predicted molar refractivity (Wildman–Crippen MR) is 85.0 cm³/mol. The second kappa shape index (κ2) is 4.54. The van der Waals surface area contributed by atoms with Crippen LogP contribution in [-0.2, 0) is 4.79 Å². The Morgan fingerprint density at radius 1 is 1.09 bits per heavy atom. The molecule has 0 bridgehead atoms. The Balaban J connectivity index is 1.95. The van der Waals surface area contributed by atoms with E-state index in [0.717, 1.165) is 28.8 Å². The summed E-state index contributed by atoms with van der Waals surface area (Å²) in [5.74, 6) is -0.0679. The molecule has 110 valence electrons. The number of nitrogens with zero attached hydrogens (tertiary/aromatic N) is 1. The van der Waals surface area contributed by atoms with Crippen LogP contribution in [0.5, 0.6) is 0 Å². The summed E-state index contributed by atoms with van der Waals surface area (Å²) in [7, 11) is 0. The van der Waals surface area contributed by atoms with Crippen LogP contribution >= 0.6 is 0 Å². The van der Waals surface area contributed by atoms with Crippen LogP contribution in [-0.4, -0.2) is 11.4 Å². The first-order chi connectivity index (χ1) is 10.6. The van der Waals surface area contributed by atoms with Gasteiger partial charge in [0.25, 0.3) is 0 Å². The number of hydrogen-bond donors (Lipinski definition) is 0. The van der Waals surface area contributed by atoms with Crippen LogP contribution < -0.4 is 4.90 Å². The summed E-state index contributed by atoms with van der Waals surface area (Å²) >= 11 is 0. The zero-order valence-corrected chi connectivity index (χ0v) is 12.3. The molecule has 0 aliphatic carbocycles. The minimum absolute atomic E-state index is 0.171. The van der Waals surface area contributed by atoms with E-state index in [1.165, 1.54) is 12.1 Å². The van der Waals surface area contributed by atoms with Gasteiger partial charge < -0.3 is 4.90 Å². The molecule has 2 heterocycles. The number of anilines is 1. The Labute approximate surface area is 128 Å². The van der Waals surface area contributed by atoms with E-state index in [0.29, 0.717) is 6.42 Å². The molecular formula is C19H16FNO. The van der Waals surface area contributed by atoms with Gasteiger partial charge in [-0.1, -0.05) is 36.4 Å². The van der Waals surface area contributed by atoms with E-state index in [1.54, 1.807) is 12.1 Å². The van der Waals surface area contributed by atoms with Gasteiger partial charge in [0, 0.05) is 12.0 Å². The molecule has 0 spiro atoms. The molecule has 0 saturated carbocycles. The fraction of sp³-hybridized carbons (Fsp3) is 0.211. The fourth-order valence-electron chi connectivity index (χ4n) is 3.57. The van der Waals surface area contributed by atoms with Gasteiger partial charge in [0.2, 0.25) is 5.91 Å². The molecule has 4 rings (SSSR count). The van der Waals surface area contributed by atoms with Crippen molar-refractivity contribution in [2.24, 2.45) is 0 Å². The highest BCUT2D eigenvalue weighted by molar-refractivity contribution is 6.04. The SMILES string of the molecule is CC12C=C(c3ccc(F)cc3)c3ccccc3N1C(=O)CC2. The Morgan fingerprint density at radius 2 is 1.82 bits per heavy atom. The van der Waals surface area contributed by atoms with Gasteiger partial charge >= 0.3 is 0 Å². The number of carbonyl (C=O) groups is 1. The molecule has 1 atom stereocenters. The third-order valence-corrected chi connectivity index (χ3v) is 4.65. The van der Waals surface area contributed by atoms with Crippen molar-refractivity contribution < 1.29 is 9.18 Å². The third kappa shape index (κ3) is 1.82. The molecule has 2 nitrogen and oxygen atoms in total. The summed E-state index contributed by atoms with van der Waals surface area (Å²) in [6.07, 6.45) is 3.54. The molecule has 0 N–H and O–H groups in total. The highest BCUT2D eigenvalue weighted by Gasteiger charge is 2.44. The normalized spacial score (nSPS) is 23.1. The van der Waals surface area contributed by atoms with Crippen molar-refractivity contribution in [3.05, 3.63) is 71.6 Å². The molecule has 0 aromatic heterocycles. The van der Waals surface area contributed by atoms with E-state index in [2.05, 4.69) is 13.0 Å². The second-order valence-corrected chi connectivity index (χ2v) is 6.17. The quantitative estimate of drug-likeness (QED) is 0.773. The fourth-order valence-corrected chi connectivity index (χ4v) is 3.57. The van der Waals surface area contributed by atoms with Gasteiger partial charge in [-0.25, -0.2) is 4.39 Å². The molecular weight excluding hydrogens is 277 g/mol. The van der Waals surface area contributed by atoms with Crippen molar-refractivity contribution in [2.45, 2.75) is 25.3 Å². The number of benzene rings is 2. The lowest BCUT2D eigenvalue weighted by Gasteiger charge is -2.39. The topological polar surface area (TPSA) is 20.3 Å². The number of para-hydroxylation sites is 1. The van der Waals surface area contributed by atoms with Crippen LogP contribution in [0, 0.1) is 5.82 Å². The lowest BCUT2D eigenvalue weighted by atomic mass is 9.84. The van der Waals surface area contributed by atoms with Crippen LogP contribution in [0.2, 0.25) is 0 Å². The van der Waals surface area contributed by atoms with Gasteiger partial charge in [0.1, 0.15) is 5.82 Å². The zero-order chi connectivity index (χ0) is 15.3. The van der Waals surface area contributed by atoms with E-state index >= 15 is 0 Å². The minimum Gasteiger partial charge on any atom is -0.302 e. The summed E-state index contributed by atoms with van der Waals surface area (Å²) in [6, 6.07) is 14.5. The van der Waals surface area contributed by atoms with Gasteiger partial charge in [-0.2, -0.15) is 0 Å². The van der Waals surface area contributed by atoms with Gasteiger partial charge in [-0.05, 0) is 42.7 Å². The molecule has 22 heavy (non-hydrogen) atoms. The van der Waals surface area contributed by atoms with E-state index in [9.17, 15) is 9.18 Å². The Bertz CT molecular complexity index is 793. The lowest BCUT2D eigenvalue weighted by molar-refractivity contribution is -0.117. The number of halogens is 1. The van der Waals surface area contributed by atoms with E-state index in [-0.39, 0.29) is 17.3 Å². The first-order valence-corrected chi connectivity index (χ1v) is 7.50. The van der Waals surface area contributed by atoms with Crippen LogP contribution in [0.1, 0.15) is 30.9 Å². The maximum Gasteiger partial charge on any atom is 0.227 e. The summed E-state index contributed by atoms with van der Waals surface area (Å²) in [5.41, 5.74) is 3.74. The van der Waals surface area contributed by atoms with Crippen molar-refractivity contribution in [3.8, 4) is 0 Å². The number of carbonyl (C=O) groups excluding carboxylic acids is 1. The maximum atomic E-state index is 13.2. The number of fused-ring (bicyclic) bond motifs is 3. The van der Waals surface area contributed by atoms with Crippen LogP contribution in [0.3, 0.4) is 0 Å². The molecule has 1 fully saturated rings. The van der Waals surface area contributed by atoms with Crippen molar-refractivity contribution in [1.82, 2.24) is 0 Å². The first kappa shape index (κ1) is 13.3. The van der Waals surface area contributed by atoms with Gasteiger partial charge in [-0.15, -0.1) is 0 Å². The Hall–Kier alpha value is -2.42. The van der Waals surface area contributed by atoms with Crippen molar-refractivity contribution >= 4 is 17.2 Å². The van der Waals surface area contributed by atoms with E-state index < -0.39 is 0 Å². The van der Waals surface area contributed by atoms with Crippen LogP contribution in [0.15, 0.2) is 54.6 Å². The lowest BCUT2D eigenvalue weighted by Crippen LogP contribution is -2.44. The standard InChI is InChI=1S/C19H16FNO/c1-19-11-10-18(22)21(19)17-5-3-2-4-15(17)16(12-19)13-6-8-14(20)9-7-13/h2-9,12H,10-11H2,1H3.